The van der Waals surface area contributed by atoms with Gasteiger partial charge in [0.1, 0.15) is 18.4 Å². The van der Waals surface area contributed by atoms with Gasteiger partial charge in [0, 0.05) is 24.0 Å². The molecule has 0 bridgehead atoms. The van der Waals surface area contributed by atoms with Crippen LogP contribution in [-0.2, 0) is 20.8 Å². The molecule has 1 fully saturated rings. The summed E-state index contributed by atoms with van der Waals surface area (Å²) in [6.45, 7) is 4.63. The van der Waals surface area contributed by atoms with E-state index in [2.05, 4.69) is 20.9 Å². The van der Waals surface area contributed by atoms with Crippen molar-refractivity contribution in [1.82, 2.24) is 20.5 Å². The number of hydrogen-bond acceptors (Lipinski definition) is 6. The largest absolute Gasteiger partial charge is 0.354 e. The van der Waals surface area contributed by atoms with Crippen molar-refractivity contribution in [3.8, 4) is 0 Å². The van der Waals surface area contributed by atoms with Crippen LogP contribution in [0.15, 0.2) is 29.6 Å². The molecule has 1 aromatic carbocycles. The lowest BCUT2D eigenvalue weighted by molar-refractivity contribution is -0.128. The minimum absolute atomic E-state index is 0.0152. The van der Waals surface area contributed by atoms with E-state index in [1.807, 2.05) is 13.8 Å². The van der Waals surface area contributed by atoms with Crippen LogP contribution in [0.1, 0.15) is 49.2 Å². The van der Waals surface area contributed by atoms with Gasteiger partial charge in [0.2, 0.25) is 17.7 Å². The average molecular weight is 504 g/mol. The van der Waals surface area contributed by atoms with Gasteiger partial charge >= 0.3 is 0 Å². The Morgan fingerprint density at radius 1 is 1.20 bits per heavy atom. The molecule has 11 heteroatoms. The van der Waals surface area contributed by atoms with E-state index in [4.69, 9.17) is 0 Å². The molecule has 1 aromatic heterocycles. The minimum Gasteiger partial charge on any atom is -0.354 e. The zero-order valence-electron chi connectivity index (χ0n) is 19.8. The summed E-state index contributed by atoms with van der Waals surface area (Å²) in [4.78, 5) is 55.5. The summed E-state index contributed by atoms with van der Waals surface area (Å²) in [5, 5.41) is 10.2. The summed E-state index contributed by atoms with van der Waals surface area (Å²) >= 11 is 1.17. The number of carbonyl (C=O) groups is 4. The third-order valence-corrected chi connectivity index (χ3v) is 6.12. The van der Waals surface area contributed by atoms with Crippen LogP contribution in [0.25, 0.3) is 0 Å². The summed E-state index contributed by atoms with van der Waals surface area (Å²) in [5.74, 6) is -1.62. The first-order chi connectivity index (χ1) is 16.7. The van der Waals surface area contributed by atoms with E-state index in [-0.39, 0.29) is 36.6 Å². The molecule has 1 aliphatic rings. The van der Waals surface area contributed by atoms with E-state index in [1.54, 1.807) is 5.38 Å². The Kier molecular flexibility index (Phi) is 9.30. The molecule has 0 radical (unpaired) electrons. The minimum atomic E-state index is -0.548. The highest BCUT2D eigenvalue weighted by Gasteiger charge is 2.23. The molecule has 1 saturated heterocycles. The molecule has 2 aromatic rings. The Labute approximate surface area is 207 Å². The van der Waals surface area contributed by atoms with Crippen LogP contribution in [0.2, 0.25) is 0 Å². The Balaban J connectivity index is 1.55. The van der Waals surface area contributed by atoms with Gasteiger partial charge in [-0.15, -0.1) is 11.3 Å². The topological polar surface area (TPSA) is 120 Å². The maximum atomic E-state index is 13.2. The standard InChI is InChI=1S/C24H30FN5O4S/c1-15(2)12-30(23(34)16-6-8-17(25)9-7-16)13-21(32)29-24-27-18(14-35-24)11-20(31)28-19-5-3-4-10-26-22(19)33/h6-9,14-15,19H,3-5,10-13H2,1-2H3,(H,26,33)(H,28,31)(H,27,29,32). The van der Waals surface area contributed by atoms with Crippen molar-refractivity contribution in [3.63, 3.8) is 0 Å². The second-order valence-electron chi connectivity index (χ2n) is 8.86. The quantitative estimate of drug-likeness (QED) is 0.485. The fraction of sp³-hybridized carbons (Fsp3) is 0.458. The Hall–Kier alpha value is -3.34. The lowest BCUT2D eigenvalue weighted by Gasteiger charge is -2.24. The molecule has 0 spiro atoms. The molecule has 188 valence electrons. The van der Waals surface area contributed by atoms with Crippen LogP contribution in [0.5, 0.6) is 0 Å². The average Bonchev–Trinajstić information content (AvgIpc) is 3.13. The van der Waals surface area contributed by atoms with Crippen molar-refractivity contribution >= 4 is 40.1 Å². The predicted octanol–water partition coefficient (Wildman–Crippen LogP) is 2.35. The number of aromatic nitrogens is 1. The van der Waals surface area contributed by atoms with E-state index in [1.165, 1.54) is 40.5 Å². The fourth-order valence-corrected chi connectivity index (χ4v) is 4.43. The Bertz CT molecular complexity index is 1060. The van der Waals surface area contributed by atoms with Crippen molar-refractivity contribution in [2.75, 3.05) is 25.0 Å². The second kappa shape index (κ2) is 12.4. The predicted molar refractivity (Wildman–Crippen MR) is 130 cm³/mol. The van der Waals surface area contributed by atoms with Crippen molar-refractivity contribution in [3.05, 3.63) is 46.7 Å². The number of halogens is 1. The normalized spacial score (nSPS) is 15.8. The second-order valence-corrected chi connectivity index (χ2v) is 9.72. The first-order valence-corrected chi connectivity index (χ1v) is 12.5. The van der Waals surface area contributed by atoms with Gasteiger partial charge in [-0.05, 0) is 49.4 Å². The molecule has 0 saturated carbocycles. The van der Waals surface area contributed by atoms with Crippen molar-refractivity contribution < 1.29 is 23.6 Å². The highest BCUT2D eigenvalue weighted by atomic mass is 32.1. The highest BCUT2D eigenvalue weighted by Crippen LogP contribution is 2.17. The lowest BCUT2D eigenvalue weighted by Crippen LogP contribution is -2.46. The van der Waals surface area contributed by atoms with Crippen LogP contribution in [0, 0.1) is 11.7 Å². The van der Waals surface area contributed by atoms with Crippen molar-refractivity contribution in [2.45, 2.75) is 45.6 Å². The number of rotatable bonds is 9. The molecule has 3 N–H and O–H groups in total. The number of nitrogens with one attached hydrogen (secondary N) is 3. The molecule has 4 amide bonds. The summed E-state index contributed by atoms with van der Waals surface area (Å²) in [7, 11) is 0. The fourth-order valence-electron chi connectivity index (χ4n) is 3.70. The summed E-state index contributed by atoms with van der Waals surface area (Å²) < 4.78 is 13.2. The first-order valence-electron chi connectivity index (χ1n) is 11.6. The zero-order valence-corrected chi connectivity index (χ0v) is 20.6. The number of amides is 4. The molecule has 1 aliphatic heterocycles. The van der Waals surface area contributed by atoms with Crippen LogP contribution >= 0.6 is 11.3 Å². The molecular formula is C24H30FN5O4S. The lowest BCUT2D eigenvalue weighted by atomic mass is 10.1. The van der Waals surface area contributed by atoms with Crippen molar-refractivity contribution in [2.24, 2.45) is 5.92 Å². The van der Waals surface area contributed by atoms with Crippen LogP contribution < -0.4 is 16.0 Å². The number of carbonyl (C=O) groups excluding carboxylic acids is 4. The third kappa shape index (κ3) is 8.13. The number of anilines is 1. The molecule has 9 nitrogen and oxygen atoms in total. The van der Waals surface area contributed by atoms with Gasteiger partial charge in [0.25, 0.3) is 5.91 Å². The van der Waals surface area contributed by atoms with Crippen LogP contribution in [0.3, 0.4) is 0 Å². The van der Waals surface area contributed by atoms with Crippen molar-refractivity contribution in [1.29, 1.82) is 0 Å². The Morgan fingerprint density at radius 3 is 2.66 bits per heavy atom. The molecule has 2 heterocycles. The number of hydrogen-bond donors (Lipinski definition) is 3. The van der Waals surface area contributed by atoms with Gasteiger partial charge in [-0.25, -0.2) is 9.37 Å². The maximum absolute atomic E-state index is 13.2. The van der Waals surface area contributed by atoms with E-state index < -0.39 is 17.8 Å². The summed E-state index contributed by atoms with van der Waals surface area (Å²) in [5.41, 5.74) is 0.767. The van der Waals surface area contributed by atoms with Gasteiger partial charge in [-0.1, -0.05) is 13.8 Å². The SMILES string of the molecule is CC(C)CN(CC(=O)Nc1nc(CC(=O)NC2CCCCNC2=O)cs1)C(=O)c1ccc(F)cc1. The molecule has 0 aliphatic carbocycles. The monoisotopic (exact) mass is 503 g/mol. The van der Waals surface area contributed by atoms with Gasteiger partial charge in [0.05, 0.1) is 12.1 Å². The number of nitrogens with zero attached hydrogens (tertiary/aromatic N) is 2. The smallest absolute Gasteiger partial charge is 0.254 e. The van der Waals surface area contributed by atoms with E-state index in [0.29, 0.717) is 35.9 Å². The molecule has 3 rings (SSSR count). The molecular weight excluding hydrogens is 473 g/mol. The maximum Gasteiger partial charge on any atom is 0.254 e. The van der Waals surface area contributed by atoms with E-state index in [0.717, 1.165) is 12.8 Å². The zero-order chi connectivity index (χ0) is 25.4. The molecule has 35 heavy (non-hydrogen) atoms. The van der Waals surface area contributed by atoms with Crippen LogP contribution in [0.4, 0.5) is 9.52 Å². The molecule has 1 unspecified atom stereocenters. The van der Waals surface area contributed by atoms with Gasteiger partial charge in [-0.2, -0.15) is 0 Å². The third-order valence-electron chi connectivity index (χ3n) is 5.31. The van der Waals surface area contributed by atoms with Gasteiger partial charge in [0.15, 0.2) is 5.13 Å². The number of thiazole rings is 1. The first kappa shape index (κ1) is 26.3. The molecule has 1 atom stereocenters. The summed E-state index contributed by atoms with van der Waals surface area (Å²) in [6.07, 6.45) is 2.32. The van der Waals surface area contributed by atoms with E-state index >= 15 is 0 Å². The van der Waals surface area contributed by atoms with E-state index in [9.17, 15) is 23.6 Å². The summed E-state index contributed by atoms with van der Waals surface area (Å²) in [6, 6.07) is 4.64. The van der Waals surface area contributed by atoms with Crippen LogP contribution in [-0.4, -0.2) is 59.2 Å². The van der Waals surface area contributed by atoms with Gasteiger partial charge in [-0.3, -0.25) is 19.2 Å². The van der Waals surface area contributed by atoms with Gasteiger partial charge < -0.3 is 20.9 Å². The Morgan fingerprint density at radius 2 is 1.94 bits per heavy atom. The number of benzene rings is 1. The highest BCUT2D eigenvalue weighted by molar-refractivity contribution is 7.13.